The van der Waals surface area contributed by atoms with E-state index in [1.807, 2.05) is 17.0 Å². The molecular weight excluding hydrogens is 306 g/mol. The van der Waals surface area contributed by atoms with Crippen molar-refractivity contribution in [2.24, 2.45) is 5.92 Å². The molecule has 2 fully saturated rings. The molecule has 6 heteroatoms. The molecule has 0 aromatic heterocycles. The van der Waals surface area contributed by atoms with Gasteiger partial charge in [-0.05, 0) is 38.6 Å². The van der Waals surface area contributed by atoms with Crippen LogP contribution in [0.4, 0.5) is 5.69 Å². The molecule has 3 rings (SSSR count). The van der Waals surface area contributed by atoms with Crippen LogP contribution in [-0.2, 0) is 11.3 Å². The Kier molecular flexibility index (Phi) is 5.45. The zero-order valence-electron chi connectivity index (χ0n) is 14.0. The Morgan fingerprint density at radius 3 is 2.62 bits per heavy atom. The van der Waals surface area contributed by atoms with Gasteiger partial charge in [-0.1, -0.05) is 18.2 Å². The second-order valence-corrected chi connectivity index (χ2v) is 6.85. The van der Waals surface area contributed by atoms with Crippen molar-refractivity contribution in [1.29, 1.82) is 0 Å². The average Bonchev–Trinajstić information content (AvgIpc) is 2.62. The maximum atomic E-state index is 12.7. The monoisotopic (exact) mass is 331 g/mol. The summed E-state index contributed by atoms with van der Waals surface area (Å²) < 4.78 is 0. The lowest BCUT2D eigenvalue weighted by Crippen LogP contribution is -2.46. The summed E-state index contributed by atoms with van der Waals surface area (Å²) in [5.74, 6) is 0.321. The molecule has 0 radical (unpaired) electrons. The van der Waals surface area contributed by atoms with Crippen LogP contribution in [-0.4, -0.2) is 46.8 Å². The number of benzene rings is 1. The molecule has 2 aliphatic heterocycles. The van der Waals surface area contributed by atoms with Gasteiger partial charge in [-0.25, -0.2) is 0 Å². The zero-order chi connectivity index (χ0) is 16.9. The first kappa shape index (κ1) is 16.9. The van der Waals surface area contributed by atoms with Gasteiger partial charge in [-0.15, -0.1) is 0 Å². The van der Waals surface area contributed by atoms with Gasteiger partial charge < -0.3 is 4.90 Å². The van der Waals surface area contributed by atoms with Gasteiger partial charge in [0.25, 0.3) is 5.69 Å². The average molecular weight is 331 g/mol. The zero-order valence-corrected chi connectivity index (χ0v) is 14.0. The number of nitro groups is 1. The maximum absolute atomic E-state index is 12.7. The molecule has 2 heterocycles. The minimum atomic E-state index is -0.324. The van der Waals surface area contributed by atoms with Crippen LogP contribution in [0.5, 0.6) is 0 Å². The number of nitro benzene ring substituents is 1. The van der Waals surface area contributed by atoms with E-state index in [1.54, 1.807) is 12.1 Å². The van der Waals surface area contributed by atoms with Crippen LogP contribution in [0.3, 0.4) is 0 Å². The van der Waals surface area contributed by atoms with Crippen molar-refractivity contribution < 1.29 is 9.72 Å². The van der Waals surface area contributed by atoms with Crippen molar-refractivity contribution >= 4 is 11.6 Å². The SMILES string of the molecule is O=C([C@@H]1CCCN(Cc2ccccc2[N+](=O)[O-])C1)N1CCCCC1. The smallest absolute Gasteiger partial charge is 0.273 e. The fourth-order valence-corrected chi connectivity index (χ4v) is 3.84. The van der Waals surface area contributed by atoms with Crippen molar-refractivity contribution in [3.8, 4) is 0 Å². The number of para-hydroxylation sites is 1. The lowest BCUT2D eigenvalue weighted by molar-refractivity contribution is -0.385. The molecule has 24 heavy (non-hydrogen) atoms. The Morgan fingerprint density at radius 1 is 1.12 bits per heavy atom. The molecule has 0 bridgehead atoms. The van der Waals surface area contributed by atoms with Crippen LogP contribution in [0.25, 0.3) is 0 Å². The Labute approximate surface area is 142 Å². The number of hydrogen-bond donors (Lipinski definition) is 0. The highest BCUT2D eigenvalue weighted by Gasteiger charge is 2.30. The molecule has 0 saturated carbocycles. The molecule has 1 amide bonds. The number of piperidine rings is 2. The third-order valence-electron chi connectivity index (χ3n) is 5.10. The summed E-state index contributed by atoms with van der Waals surface area (Å²) in [4.78, 5) is 27.8. The fraction of sp³-hybridized carbons (Fsp3) is 0.611. The van der Waals surface area contributed by atoms with Crippen molar-refractivity contribution in [2.45, 2.75) is 38.6 Å². The van der Waals surface area contributed by atoms with Crippen LogP contribution in [0, 0.1) is 16.0 Å². The van der Waals surface area contributed by atoms with E-state index < -0.39 is 0 Å². The van der Waals surface area contributed by atoms with Crippen molar-refractivity contribution in [1.82, 2.24) is 9.80 Å². The highest BCUT2D eigenvalue weighted by molar-refractivity contribution is 5.79. The number of hydrogen-bond acceptors (Lipinski definition) is 4. The largest absolute Gasteiger partial charge is 0.342 e. The third kappa shape index (κ3) is 3.93. The van der Waals surface area contributed by atoms with Gasteiger partial charge in [0.15, 0.2) is 0 Å². The fourth-order valence-electron chi connectivity index (χ4n) is 3.84. The Balaban J connectivity index is 1.63. The highest BCUT2D eigenvalue weighted by atomic mass is 16.6. The van der Waals surface area contributed by atoms with Crippen molar-refractivity contribution in [3.63, 3.8) is 0 Å². The number of amides is 1. The molecule has 0 spiro atoms. The van der Waals surface area contributed by atoms with Crippen LogP contribution in [0.2, 0.25) is 0 Å². The maximum Gasteiger partial charge on any atom is 0.273 e. The van der Waals surface area contributed by atoms with Gasteiger partial charge in [-0.2, -0.15) is 0 Å². The lowest BCUT2D eigenvalue weighted by atomic mass is 9.95. The van der Waals surface area contributed by atoms with E-state index in [1.165, 1.54) is 6.42 Å². The van der Waals surface area contributed by atoms with E-state index in [4.69, 9.17) is 0 Å². The first-order chi connectivity index (χ1) is 11.6. The first-order valence-corrected chi connectivity index (χ1v) is 8.88. The van der Waals surface area contributed by atoms with E-state index in [0.29, 0.717) is 13.1 Å². The molecule has 1 atom stereocenters. The van der Waals surface area contributed by atoms with Gasteiger partial charge in [0.1, 0.15) is 0 Å². The van der Waals surface area contributed by atoms with E-state index in [-0.39, 0.29) is 22.4 Å². The molecule has 130 valence electrons. The summed E-state index contributed by atoms with van der Waals surface area (Å²) in [6, 6.07) is 6.90. The summed E-state index contributed by atoms with van der Waals surface area (Å²) in [7, 11) is 0. The highest BCUT2D eigenvalue weighted by Crippen LogP contribution is 2.25. The van der Waals surface area contributed by atoms with Crippen molar-refractivity contribution in [2.75, 3.05) is 26.2 Å². The predicted octanol–water partition coefficient (Wildman–Crippen LogP) is 2.82. The summed E-state index contributed by atoms with van der Waals surface area (Å²) in [6.07, 6.45) is 5.35. The van der Waals surface area contributed by atoms with E-state index in [9.17, 15) is 14.9 Å². The van der Waals surface area contributed by atoms with E-state index in [0.717, 1.165) is 50.9 Å². The predicted molar refractivity (Wildman–Crippen MR) is 91.5 cm³/mol. The summed E-state index contributed by atoms with van der Waals surface area (Å²) in [5, 5.41) is 11.2. The molecule has 0 aliphatic carbocycles. The molecule has 6 nitrogen and oxygen atoms in total. The summed E-state index contributed by atoms with van der Waals surface area (Å²) in [5.41, 5.74) is 0.899. The van der Waals surface area contributed by atoms with Gasteiger partial charge in [0, 0.05) is 37.8 Å². The second-order valence-electron chi connectivity index (χ2n) is 6.85. The van der Waals surface area contributed by atoms with Crippen LogP contribution in [0.15, 0.2) is 24.3 Å². The normalized spacial score (nSPS) is 22.3. The molecule has 2 saturated heterocycles. The second kappa shape index (κ2) is 7.75. The lowest BCUT2D eigenvalue weighted by Gasteiger charge is -2.36. The van der Waals surface area contributed by atoms with Crippen LogP contribution >= 0.6 is 0 Å². The molecule has 0 N–H and O–H groups in total. The standard InChI is InChI=1S/C18H25N3O3/c22-18(20-11-4-1-5-12-20)16-8-6-10-19(14-16)13-15-7-2-3-9-17(15)21(23)24/h2-3,7,9,16H,1,4-6,8,10-14H2/t16-/m1/s1. The number of carbonyl (C=O) groups excluding carboxylic acids is 1. The van der Waals surface area contributed by atoms with Gasteiger partial charge >= 0.3 is 0 Å². The number of rotatable bonds is 4. The summed E-state index contributed by atoms with van der Waals surface area (Å²) >= 11 is 0. The van der Waals surface area contributed by atoms with Gasteiger partial charge in [0.2, 0.25) is 5.91 Å². The third-order valence-corrected chi connectivity index (χ3v) is 5.10. The minimum Gasteiger partial charge on any atom is -0.342 e. The van der Waals surface area contributed by atoms with Crippen LogP contribution in [0.1, 0.15) is 37.7 Å². The molecule has 1 aromatic rings. The Hall–Kier alpha value is -1.95. The molecule has 1 aromatic carbocycles. The number of carbonyl (C=O) groups is 1. The topological polar surface area (TPSA) is 66.7 Å². The van der Waals surface area contributed by atoms with E-state index >= 15 is 0 Å². The van der Waals surface area contributed by atoms with Crippen molar-refractivity contribution in [3.05, 3.63) is 39.9 Å². The summed E-state index contributed by atoms with van der Waals surface area (Å²) in [6.45, 7) is 3.93. The van der Waals surface area contributed by atoms with E-state index in [2.05, 4.69) is 4.90 Å². The Morgan fingerprint density at radius 2 is 1.88 bits per heavy atom. The minimum absolute atomic E-state index is 0.0413. The van der Waals surface area contributed by atoms with Gasteiger partial charge in [0.05, 0.1) is 10.8 Å². The quantitative estimate of drug-likeness (QED) is 0.628. The first-order valence-electron chi connectivity index (χ1n) is 8.88. The number of likely N-dealkylation sites (tertiary alicyclic amines) is 2. The molecule has 0 unspecified atom stereocenters. The van der Waals surface area contributed by atoms with Crippen LogP contribution < -0.4 is 0 Å². The Bertz CT molecular complexity index is 599. The molecular formula is C18H25N3O3. The van der Waals surface area contributed by atoms with Gasteiger partial charge in [-0.3, -0.25) is 19.8 Å². The molecule has 2 aliphatic rings. The number of nitrogens with zero attached hydrogens (tertiary/aromatic N) is 3.